The zero-order valence-corrected chi connectivity index (χ0v) is 41.8. The second kappa shape index (κ2) is 25.1. The molecule has 0 bridgehead atoms. The quantitative estimate of drug-likeness (QED) is 0.101. The van der Waals surface area contributed by atoms with Gasteiger partial charge in [-0.25, -0.2) is 0 Å². The first-order chi connectivity index (χ1) is 27.1. The predicted octanol–water partition coefficient (Wildman–Crippen LogP) is 11.5. The summed E-state index contributed by atoms with van der Waals surface area (Å²) in [5.74, 6) is 2.60. The smallest absolute Gasteiger partial charge is 0.665 e. The Hall–Kier alpha value is -2.14. The van der Waals surface area contributed by atoms with E-state index in [0.717, 1.165) is 61.3 Å². The average molecular weight is 963 g/mol. The molecule has 0 amide bonds. The van der Waals surface area contributed by atoms with Crippen molar-refractivity contribution < 1.29 is 35.2 Å². The van der Waals surface area contributed by atoms with Crippen LogP contribution < -0.4 is 28.7 Å². The van der Waals surface area contributed by atoms with Crippen LogP contribution in [0.2, 0.25) is 0 Å². The van der Waals surface area contributed by atoms with E-state index in [2.05, 4.69) is 62.2 Å². The molecule has 1 aliphatic heterocycles. The topological polar surface area (TPSA) is 85.7 Å². The van der Waals surface area contributed by atoms with Crippen LogP contribution in [0.15, 0.2) is 107 Å². The van der Waals surface area contributed by atoms with Gasteiger partial charge in [0.1, 0.15) is 23.0 Å². The van der Waals surface area contributed by atoms with Gasteiger partial charge in [0.15, 0.2) is 11.4 Å². The van der Waals surface area contributed by atoms with Gasteiger partial charge in [0.25, 0.3) is 0 Å². The summed E-state index contributed by atoms with van der Waals surface area (Å²) in [4.78, 5) is 9.35. The van der Waals surface area contributed by atoms with Crippen molar-refractivity contribution in [2.24, 2.45) is 9.98 Å². The molecule has 325 valence electrons. The number of benzene rings is 4. The van der Waals surface area contributed by atoms with Crippen LogP contribution in [-0.4, -0.2) is 48.7 Å². The van der Waals surface area contributed by atoms with Gasteiger partial charge >= 0.3 is 17.1 Å². The fourth-order valence-corrected chi connectivity index (χ4v) is 9.41. The maximum Gasteiger partial charge on any atom is 2.00 e. The summed E-state index contributed by atoms with van der Waals surface area (Å²) in [6.45, 7) is 24.8. The molecule has 4 aromatic carbocycles. The minimum Gasteiger partial charge on any atom is -0.665 e. The van der Waals surface area contributed by atoms with Gasteiger partial charge in [-0.15, -0.1) is 0 Å². The first kappa shape index (κ1) is 53.0. The molecule has 1 aliphatic rings. The number of hydrogen-bond acceptors (Lipinski definition) is 12. The van der Waals surface area contributed by atoms with Crippen LogP contribution in [0.3, 0.4) is 0 Å². The first-order valence-corrected chi connectivity index (χ1v) is 26.6. The maximum absolute atomic E-state index is 5.61. The third-order valence-electron chi connectivity index (χ3n) is 8.54. The van der Waals surface area contributed by atoms with Gasteiger partial charge < -0.3 is 53.2 Å². The van der Waals surface area contributed by atoms with Gasteiger partial charge in [-0.05, 0) is 141 Å². The summed E-state index contributed by atoms with van der Waals surface area (Å²) in [6, 6.07) is 30.4. The van der Waals surface area contributed by atoms with E-state index in [1.165, 1.54) is 11.4 Å². The molecule has 15 heteroatoms. The van der Waals surface area contributed by atoms with Crippen molar-refractivity contribution in [2.45, 2.75) is 93.2 Å². The fourth-order valence-electron chi connectivity index (χ4n) is 5.75. The van der Waals surface area contributed by atoms with E-state index in [4.69, 9.17) is 66.2 Å². The number of nitrogens with zero attached hydrogens (tertiary/aromatic N) is 2. The molecule has 8 nitrogen and oxygen atoms in total. The monoisotopic (exact) mass is 961 g/mol. The van der Waals surface area contributed by atoms with Crippen LogP contribution in [0.25, 0.3) is 0 Å². The molecule has 0 unspecified atom stereocenters. The van der Waals surface area contributed by atoms with E-state index >= 15 is 0 Å². The number of aliphatic imine (C=N–C) groups is 2. The number of aryl methyl sites for hydroxylation is 4. The van der Waals surface area contributed by atoms with Crippen molar-refractivity contribution in [1.29, 1.82) is 0 Å². The van der Waals surface area contributed by atoms with E-state index in [9.17, 15) is 0 Å². The van der Waals surface area contributed by atoms with Gasteiger partial charge in [0.05, 0.1) is 13.1 Å². The van der Waals surface area contributed by atoms with Crippen molar-refractivity contribution in [1.82, 2.24) is 10.6 Å². The van der Waals surface area contributed by atoms with Gasteiger partial charge in [0, 0.05) is 48.4 Å². The van der Waals surface area contributed by atoms with Crippen LogP contribution in [-0.2, 0) is 65.2 Å². The minimum absolute atomic E-state index is 0. The Morgan fingerprint density at radius 2 is 0.695 bits per heavy atom. The first-order valence-electron chi connectivity index (χ1n) is 19.3. The summed E-state index contributed by atoms with van der Waals surface area (Å²) >= 11 is 21.0. The molecule has 5 rings (SSSR count). The van der Waals surface area contributed by atoms with Crippen molar-refractivity contribution >= 4 is 70.9 Å². The summed E-state index contributed by atoms with van der Waals surface area (Å²) in [5.41, 5.74) is 1.75. The van der Waals surface area contributed by atoms with Crippen LogP contribution in [0, 0.1) is 27.7 Å². The molecule has 0 fully saturated rings. The Labute approximate surface area is 385 Å². The molecule has 59 heavy (non-hydrogen) atoms. The SMILES string of the molecule is CC1=NCCNC(C)(C)CC(C)=NCCNC(C)(C)C1.Cc1ccc(OP(=S)([S-])Oc2ccc(C)cc2)cc1.Cc1ccc(OP(=S)([S-])Oc2ccc(C)cc2)cc1.[Cu+2]. The summed E-state index contributed by atoms with van der Waals surface area (Å²) in [5, 5.41) is 7.16. The number of hydrogen-bond donors (Lipinski definition) is 2. The summed E-state index contributed by atoms with van der Waals surface area (Å²) in [6.07, 6.45) is 1.97. The Bertz CT molecular complexity index is 1780. The molecule has 0 saturated carbocycles. The van der Waals surface area contributed by atoms with Crippen LogP contribution >= 0.6 is 11.4 Å². The van der Waals surface area contributed by atoms with Crippen LogP contribution in [0.4, 0.5) is 0 Å². The van der Waals surface area contributed by atoms with E-state index < -0.39 is 11.4 Å². The van der Waals surface area contributed by atoms with Gasteiger partial charge in [-0.1, -0.05) is 70.8 Å². The van der Waals surface area contributed by atoms with Crippen molar-refractivity contribution in [3.8, 4) is 23.0 Å². The van der Waals surface area contributed by atoms with E-state index in [-0.39, 0.29) is 28.1 Å². The van der Waals surface area contributed by atoms with Gasteiger partial charge in [-0.2, -0.15) is 0 Å². The molecular weight excluding hydrogens is 902 g/mol. The molecule has 1 radical (unpaired) electrons. The average Bonchev–Trinajstić information content (AvgIpc) is 3.12. The molecule has 0 atom stereocenters. The Kier molecular flexibility index (Phi) is 22.5. The molecule has 0 aromatic heterocycles. The zero-order chi connectivity index (χ0) is 43.0. The second-order valence-electron chi connectivity index (χ2n) is 15.7. The van der Waals surface area contributed by atoms with E-state index in [0.29, 0.717) is 23.0 Å². The van der Waals surface area contributed by atoms with Gasteiger partial charge in [0.2, 0.25) is 0 Å². The van der Waals surface area contributed by atoms with Crippen LogP contribution in [0.5, 0.6) is 23.0 Å². The van der Waals surface area contributed by atoms with E-state index in [1.54, 1.807) is 0 Å². The van der Waals surface area contributed by atoms with E-state index in [1.807, 2.05) is 125 Å². The fraction of sp³-hybridized carbons (Fsp3) is 0.409. The largest absolute Gasteiger partial charge is 2.00 e. The number of rotatable bonds is 8. The van der Waals surface area contributed by atoms with Gasteiger partial charge in [-0.3, -0.25) is 9.98 Å². The summed E-state index contributed by atoms with van der Waals surface area (Å²) < 4.78 is 22.4. The van der Waals surface area contributed by atoms with Crippen LogP contribution in [0.1, 0.15) is 76.6 Å². The Balaban J connectivity index is 0.000000303. The molecule has 4 aromatic rings. The minimum atomic E-state index is -2.75. The molecule has 1 heterocycles. The zero-order valence-electron chi connectivity index (χ0n) is 35.8. The van der Waals surface area contributed by atoms with Crippen molar-refractivity contribution in [3.05, 3.63) is 119 Å². The third kappa shape index (κ3) is 23.0. The van der Waals surface area contributed by atoms with Crippen molar-refractivity contribution in [3.63, 3.8) is 0 Å². The molecule has 0 spiro atoms. The Morgan fingerprint density at radius 1 is 0.475 bits per heavy atom. The Morgan fingerprint density at radius 3 is 0.915 bits per heavy atom. The second-order valence-corrected chi connectivity index (χ2v) is 25.4. The third-order valence-corrected chi connectivity index (χ3v) is 12.1. The summed E-state index contributed by atoms with van der Waals surface area (Å²) in [7, 11) is 0. The molecular formula is C44H60CuN4O4P2S4. The number of nitrogens with one attached hydrogen (secondary N) is 2. The maximum atomic E-state index is 5.61. The molecule has 0 saturated heterocycles. The molecule has 2 N–H and O–H groups in total. The molecule has 0 aliphatic carbocycles. The predicted molar refractivity (Wildman–Crippen MR) is 260 cm³/mol. The normalized spacial score (nSPS) is 15.7. The van der Waals surface area contributed by atoms with Crippen molar-refractivity contribution in [2.75, 3.05) is 26.2 Å². The standard InChI is InChI=1S/C16H32N4.2C14H15O2PS2.Cu/c1-13-11-15(3,4)19-10-8-18-14(2)12-16(5,6)20-9-7-17-13;2*1-11-3-7-13(8-4-11)15-17(18,19)16-14-9-5-12(2)6-10-14;/h19-20H,7-12H2,1-6H3;2*3-10H,1-2H3,(H,18,19);/q;;;+2/p-2.